The van der Waals surface area contributed by atoms with E-state index in [9.17, 15) is 23.1 Å². The maximum Gasteiger partial charge on any atom is 0.405 e. The highest BCUT2D eigenvalue weighted by molar-refractivity contribution is 8.24. The molecule has 0 spiro atoms. The molecule has 4 rings (SSSR count). The van der Waals surface area contributed by atoms with Gasteiger partial charge in [-0.05, 0) is 60.1 Å². The topological polar surface area (TPSA) is 129 Å². The van der Waals surface area contributed by atoms with Crippen LogP contribution in [0.5, 0.6) is 11.5 Å². The number of ether oxygens (including phenoxy) is 2. The van der Waals surface area contributed by atoms with E-state index in [-0.39, 0.29) is 29.4 Å². The molecule has 2 aromatic rings. The van der Waals surface area contributed by atoms with Crippen molar-refractivity contribution in [1.29, 1.82) is 0 Å². The molecule has 2 aliphatic rings. The Kier molecular flexibility index (Phi) is 7.62. The maximum atomic E-state index is 14.8. The number of hydrogen-bond acceptors (Lipinski definition) is 6. The second-order valence-corrected chi connectivity index (χ2v) is 11.5. The molecule has 0 bridgehead atoms. The molecule has 2 heterocycles. The predicted molar refractivity (Wildman–Crippen MR) is 133 cm³/mol. The highest BCUT2D eigenvalue weighted by atomic mass is 32.3. The highest BCUT2D eigenvalue weighted by Crippen LogP contribution is 2.57. The van der Waals surface area contributed by atoms with E-state index in [4.69, 9.17) is 14.6 Å². The highest BCUT2D eigenvalue weighted by Gasteiger charge is 2.32. The van der Waals surface area contributed by atoms with Crippen molar-refractivity contribution >= 4 is 22.6 Å². The molecular weight excluding hydrogens is 491 g/mol. The molecule has 1 fully saturated rings. The van der Waals surface area contributed by atoms with Crippen LogP contribution in [0.1, 0.15) is 26.7 Å². The summed E-state index contributed by atoms with van der Waals surface area (Å²) in [5, 5.41) is 11.3. The summed E-state index contributed by atoms with van der Waals surface area (Å²) in [5.41, 5.74) is 1.29. The van der Waals surface area contributed by atoms with Gasteiger partial charge in [0.15, 0.2) is 17.5 Å². The van der Waals surface area contributed by atoms with E-state index in [1.54, 1.807) is 49.1 Å². The van der Waals surface area contributed by atoms with E-state index in [1.807, 2.05) is 0 Å². The molecule has 36 heavy (non-hydrogen) atoms. The summed E-state index contributed by atoms with van der Waals surface area (Å²) in [4.78, 5) is 25.8. The van der Waals surface area contributed by atoms with Crippen LogP contribution in [0.4, 0.5) is 9.18 Å². The lowest BCUT2D eigenvalue weighted by molar-refractivity contribution is -0.136. The lowest BCUT2D eigenvalue weighted by atomic mass is 9.95. The second kappa shape index (κ2) is 10.5. The van der Waals surface area contributed by atoms with Gasteiger partial charge in [-0.15, -0.1) is 10.6 Å². The number of carboxylic acid groups (broad SMARTS) is 1. The van der Waals surface area contributed by atoms with Crippen molar-refractivity contribution in [2.45, 2.75) is 37.6 Å². The number of piperidine rings is 1. The number of amides is 2. The Labute approximate surface area is 210 Å². The number of fused-ring (bicyclic) bond motifs is 1. The summed E-state index contributed by atoms with van der Waals surface area (Å²) in [6.07, 6.45) is 0.135. The first-order valence-electron chi connectivity index (χ1n) is 11.8. The van der Waals surface area contributed by atoms with Crippen LogP contribution in [0.15, 0.2) is 41.3 Å². The molecule has 1 saturated heterocycles. The number of hydrogen-bond donors (Lipinski definition) is 4. The van der Waals surface area contributed by atoms with Gasteiger partial charge in [0.25, 0.3) is 0 Å². The molecule has 0 saturated carbocycles. The summed E-state index contributed by atoms with van der Waals surface area (Å²) in [5.74, 6) is -0.403. The number of rotatable bonds is 7. The lowest BCUT2D eigenvalue weighted by Crippen LogP contribution is -2.52. The fourth-order valence-electron chi connectivity index (χ4n) is 4.45. The fraction of sp³-hybridized carbons (Fsp3) is 0.440. The average molecular weight is 523 g/mol. The summed E-state index contributed by atoms with van der Waals surface area (Å²) >= 11 is 0. The van der Waals surface area contributed by atoms with Gasteiger partial charge in [0.1, 0.15) is 16.7 Å². The predicted octanol–water partition coefficient (Wildman–Crippen LogP) is 4.86. The zero-order valence-corrected chi connectivity index (χ0v) is 21.0. The minimum Gasteiger partial charge on any atom is -0.490 e. The van der Waals surface area contributed by atoms with E-state index in [0.717, 1.165) is 0 Å². The van der Waals surface area contributed by atoms with Crippen LogP contribution in [0.25, 0.3) is 11.1 Å². The number of likely N-dealkylation sites (tertiary alicyclic amines) is 1. The summed E-state index contributed by atoms with van der Waals surface area (Å²) in [6, 6.07) is 8.83. The van der Waals surface area contributed by atoms with Crippen LogP contribution in [0.2, 0.25) is 0 Å². The first-order valence-corrected chi connectivity index (χ1v) is 13.5. The Morgan fingerprint density at radius 2 is 1.83 bits per heavy atom. The van der Waals surface area contributed by atoms with Crippen molar-refractivity contribution in [3.63, 3.8) is 0 Å². The number of benzene rings is 2. The molecular formula is C25H31FN2O7S. The van der Waals surface area contributed by atoms with Crippen molar-refractivity contribution in [3.8, 4) is 22.6 Å². The van der Waals surface area contributed by atoms with Gasteiger partial charge in [-0.1, -0.05) is 26.0 Å². The van der Waals surface area contributed by atoms with Crippen LogP contribution >= 0.6 is 10.6 Å². The van der Waals surface area contributed by atoms with Crippen molar-refractivity contribution in [2.24, 2.45) is 11.8 Å². The van der Waals surface area contributed by atoms with Crippen molar-refractivity contribution in [3.05, 3.63) is 42.2 Å². The molecule has 0 aromatic heterocycles. The molecule has 2 aliphatic heterocycles. The average Bonchev–Trinajstić information content (AvgIpc) is 3.15. The molecule has 2 aromatic carbocycles. The Bertz CT molecular complexity index is 1140. The van der Waals surface area contributed by atoms with E-state index in [2.05, 4.69) is 5.32 Å². The Hall–Kier alpha value is -3.02. The molecule has 11 heteroatoms. The first kappa shape index (κ1) is 26.1. The van der Waals surface area contributed by atoms with Crippen molar-refractivity contribution in [1.82, 2.24) is 10.2 Å². The van der Waals surface area contributed by atoms with Crippen molar-refractivity contribution < 1.29 is 37.7 Å². The second-order valence-electron chi connectivity index (χ2n) is 9.49. The van der Waals surface area contributed by atoms with Gasteiger partial charge in [0.2, 0.25) is 5.91 Å². The van der Waals surface area contributed by atoms with Crippen LogP contribution < -0.4 is 14.8 Å². The van der Waals surface area contributed by atoms with Crippen LogP contribution in [-0.4, -0.2) is 62.8 Å². The zero-order valence-electron chi connectivity index (χ0n) is 20.1. The summed E-state index contributed by atoms with van der Waals surface area (Å²) < 4.78 is 45.8. The van der Waals surface area contributed by atoms with E-state index in [0.29, 0.717) is 54.3 Å². The molecule has 9 nitrogen and oxygen atoms in total. The SMILES string of the molecule is CC(C)C(NC(=O)O)C(=O)N1CCC(COc2ccc(-c3ccc4c(c3)OCS4(O)O)cc2F)CC1. The fourth-order valence-corrected chi connectivity index (χ4v) is 5.59. The number of carbonyl (C=O) groups excluding carboxylic acids is 1. The molecule has 1 atom stereocenters. The minimum absolute atomic E-state index is 0.134. The third kappa shape index (κ3) is 5.69. The Balaban J connectivity index is 1.32. The largest absolute Gasteiger partial charge is 0.490 e. The van der Waals surface area contributed by atoms with Gasteiger partial charge < -0.3 is 24.8 Å². The standard InChI is InChI=1S/C25H31FN2O7S/c1-15(2)23(27-25(30)31)24(29)28-9-7-16(8-10-28)13-34-20-5-3-17(11-19(20)26)18-4-6-22-21(12-18)35-14-36(22,32)33/h3-6,11-12,15-16,23,27,32-33H,7-10,13-14H2,1-2H3,(H,30,31). The van der Waals surface area contributed by atoms with Gasteiger partial charge in [-0.3, -0.25) is 13.9 Å². The normalized spacial score (nSPS) is 18.8. The van der Waals surface area contributed by atoms with Gasteiger partial charge in [-0.25, -0.2) is 9.18 Å². The third-order valence-electron chi connectivity index (χ3n) is 6.55. The molecule has 1 unspecified atom stereocenters. The van der Waals surface area contributed by atoms with Gasteiger partial charge in [-0.2, -0.15) is 0 Å². The number of nitrogens with zero attached hydrogens (tertiary/aromatic N) is 1. The zero-order chi connectivity index (χ0) is 26.0. The Morgan fingerprint density at radius 1 is 1.17 bits per heavy atom. The summed E-state index contributed by atoms with van der Waals surface area (Å²) in [6.45, 7) is 4.89. The molecule has 4 N–H and O–H groups in total. The van der Waals surface area contributed by atoms with Gasteiger partial charge >= 0.3 is 6.09 Å². The van der Waals surface area contributed by atoms with Crippen molar-refractivity contribution in [2.75, 3.05) is 25.6 Å². The van der Waals surface area contributed by atoms with Gasteiger partial charge in [0.05, 0.1) is 6.61 Å². The number of carbonyl (C=O) groups is 2. The molecule has 0 radical (unpaired) electrons. The van der Waals surface area contributed by atoms with E-state index < -0.39 is 28.5 Å². The first-order chi connectivity index (χ1) is 17.0. The lowest BCUT2D eigenvalue weighted by Gasteiger charge is -2.35. The smallest absolute Gasteiger partial charge is 0.405 e. The minimum atomic E-state index is -2.92. The van der Waals surface area contributed by atoms with Crippen LogP contribution in [-0.2, 0) is 4.79 Å². The van der Waals surface area contributed by atoms with Gasteiger partial charge in [0, 0.05) is 13.1 Å². The number of nitrogens with one attached hydrogen (secondary N) is 1. The van der Waals surface area contributed by atoms with Crippen LogP contribution in [0, 0.1) is 17.7 Å². The molecule has 0 aliphatic carbocycles. The van der Waals surface area contributed by atoms with E-state index >= 15 is 0 Å². The monoisotopic (exact) mass is 522 g/mol. The third-order valence-corrected chi connectivity index (χ3v) is 8.04. The quantitative estimate of drug-likeness (QED) is 0.409. The number of halogens is 1. The molecule has 196 valence electrons. The Morgan fingerprint density at radius 3 is 2.47 bits per heavy atom. The van der Waals surface area contributed by atoms with Crippen LogP contribution in [0.3, 0.4) is 0 Å². The summed E-state index contributed by atoms with van der Waals surface area (Å²) in [7, 11) is -2.92. The van der Waals surface area contributed by atoms with E-state index in [1.165, 1.54) is 6.07 Å². The molecule has 2 amide bonds. The maximum absolute atomic E-state index is 14.8.